The number of H-pyrrole nitrogens is 1. The molecular weight excluding hydrogens is 403 g/mol. The molecule has 0 fully saturated rings. The summed E-state index contributed by atoms with van der Waals surface area (Å²) in [6.07, 6.45) is -0.990. The summed E-state index contributed by atoms with van der Waals surface area (Å²) < 4.78 is 38.3. The largest absolute Gasteiger partial charge is 0.416 e. The van der Waals surface area contributed by atoms with Crippen LogP contribution in [0.15, 0.2) is 60.9 Å². The second kappa shape index (κ2) is 7.73. The normalized spacial score (nSPS) is 11.7. The van der Waals surface area contributed by atoms with Crippen molar-refractivity contribution in [2.75, 3.05) is 5.43 Å². The van der Waals surface area contributed by atoms with Crippen molar-refractivity contribution in [1.29, 1.82) is 0 Å². The maximum atomic E-state index is 12.8. The van der Waals surface area contributed by atoms with E-state index >= 15 is 0 Å². The first kappa shape index (κ1) is 19.2. The number of alkyl halides is 3. The van der Waals surface area contributed by atoms with Crippen LogP contribution in [0.25, 0.3) is 22.2 Å². The Bertz CT molecular complexity index is 1140. The van der Waals surface area contributed by atoms with Crippen molar-refractivity contribution in [1.82, 2.24) is 20.6 Å². The molecule has 9 heteroatoms. The number of rotatable bonds is 5. The van der Waals surface area contributed by atoms with E-state index < -0.39 is 11.7 Å². The molecule has 4 rings (SSSR count). The van der Waals surface area contributed by atoms with Gasteiger partial charge in [-0.05, 0) is 36.4 Å². The standard InChI is InChI=1S/C20H15ClF3N5/c21-15-5-6-16-17(7-8-25-18(16)9-15)28-26-10-13-11-27-29-19(13)12-1-3-14(4-2-12)20(22,23)24/h1-9,11,26H,10H2,(H,25,28)(H,27,29). The molecular formula is C20H15ClF3N5. The minimum atomic E-state index is -4.37. The highest BCUT2D eigenvalue weighted by Gasteiger charge is 2.30. The van der Waals surface area contributed by atoms with E-state index in [0.29, 0.717) is 22.8 Å². The van der Waals surface area contributed by atoms with Crippen molar-refractivity contribution in [3.05, 3.63) is 77.1 Å². The molecule has 2 aromatic heterocycles. The monoisotopic (exact) mass is 417 g/mol. The zero-order valence-corrected chi connectivity index (χ0v) is 15.6. The van der Waals surface area contributed by atoms with Gasteiger partial charge in [-0.3, -0.25) is 10.1 Å². The summed E-state index contributed by atoms with van der Waals surface area (Å²) in [5.74, 6) is 0. The molecule has 5 nitrogen and oxygen atoms in total. The molecule has 0 spiro atoms. The van der Waals surface area contributed by atoms with Crippen LogP contribution in [-0.4, -0.2) is 15.2 Å². The third-order valence-corrected chi connectivity index (χ3v) is 4.65. The topological polar surface area (TPSA) is 65.6 Å². The van der Waals surface area contributed by atoms with Gasteiger partial charge in [0.05, 0.1) is 22.5 Å². The van der Waals surface area contributed by atoms with Gasteiger partial charge in [-0.15, -0.1) is 0 Å². The van der Waals surface area contributed by atoms with Gasteiger partial charge in [-0.25, -0.2) is 5.43 Å². The molecule has 148 valence electrons. The van der Waals surface area contributed by atoms with Crippen LogP contribution in [0.3, 0.4) is 0 Å². The fraction of sp³-hybridized carbons (Fsp3) is 0.100. The second-order valence-electron chi connectivity index (χ2n) is 6.33. The van der Waals surface area contributed by atoms with E-state index in [1.165, 1.54) is 12.1 Å². The Hall–Kier alpha value is -3.10. The molecule has 2 heterocycles. The van der Waals surface area contributed by atoms with Gasteiger partial charge >= 0.3 is 6.18 Å². The fourth-order valence-electron chi connectivity index (χ4n) is 2.98. The molecule has 0 amide bonds. The predicted octanol–water partition coefficient (Wildman–Crippen LogP) is 5.41. The van der Waals surface area contributed by atoms with Crippen molar-refractivity contribution in [3.63, 3.8) is 0 Å². The molecule has 0 aliphatic carbocycles. The Balaban J connectivity index is 1.48. The van der Waals surface area contributed by atoms with Crippen LogP contribution in [0.2, 0.25) is 5.02 Å². The quantitative estimate of drug-likeness (QED) is 0.380. The maximum Gasteiger partial charge on any atom is 0.416 e. The van der Waals surface area contributed by atoms with Crippen LogP contribution in [0.1, 0.15) is 11.1 Å². The van der Waals surface area contributed by atoms with E-state index in [2.05, 4.69) is 26.0 Å². The summed E-state index contributed by atoms with van der Waals surface area (Å²) in [6.45, 7) is 0.393. The smallest absolute Gasteiger partial charge is 0.320 e. The van der Waals surface area contributed by atoms with E-state index in [1.807, 2.05) is 12.1 Å². The second-order valence-corrected chi connectivity index (χ2v) is 6.77. The van der Waals surface area contributed by atoms with E-state index in [0.717, 1.165) is 34.3 Å². The molecule has 0 saturated heterocycles. The summed E-state index contributed by atoms with van der Waals surface area (Å²) >= 11 is 6.00. The molecule has 0 saturated carbocycles. The van der Waals surface area contributed by atoms with Crippen molar-refractivity contribution >= 4 is 28.2 Å². The molecule has 3 N–H and O–H groups in total. The van der Waals surface area contributed by atoms with Gasteiger partial charge in [-0.1, -0.05) is 23.7 Å². The van der Waals surface area contributed by atoms with Gasteiger partial charge in [0.1, 0.15) is 0 Å². The lowest BCUT2D eigenvalue weighted by atomic mass is 10.1. The van der Waals surface area contributed by atoms with Crippen molar-refractivity contribution in [2.45, 2.75) is 12.7 Å². The van der Waals surface area contributed by atoms with Crippen molar-refractivity contribution in [3.8, 4) is 11.3 Å². The highest BCUT2D eigenvalue weighted by atomic mass is 35.5. The number of aromatic nitrogens is 3. The van der Waals surface area contributed by atoms with Gasteiger partial charge in [-0.2, -0.15) is 18.3 Å². The lowest BCUT2D eigenvalue weighted by Gasteiger charge is -2.11. The highest BCUT2D eigenvalue weighted by Crippen LogP contribution is 2.31. The zero-order chi connectivity index (χ0) is 20.4. The number of hydrogen-bond donors (Lipinski definition) is 3. The van der Waals surface area contributed by atoms with Crippen LogP contribution in [0.5, 0.6) is 0 Å². The van der Waals surface area contributed by atoms with E-state index in [-0.39, 0.29) is 0 Å². The third kappa shape index (κ3) is 4.18. The minimum Gasteiger partial charge on any atom is -0.320 e. The number of aromatic amines is 1. The van der Waals surface area contributed by atoms with Crippen LogP contribution < -0.4 is 10.9 Å². The van der Waals surface area contributed by atoms with Crippen LogP contribution >= 0.6 is 11.6 Å². The Morgan fingerprint density at radius 3 is 2.59 bits per heavy atom. The van der Waals surface area contributed by atoms with Crippen LogP contribution in [0, 0.1) is 0 Å². The molecule has 0 bridgehead atoms. The number of benzene rings is 2. The minimum absolute atomic E-state index is 0.393. The first-order chi connectivity index (χ1) is 13.9. The molecule has 0 atom stereocenters. The summed E-state index contributed by atoms with van der Waals surface area (Å²) in [5, 5.41) is 8.43. The Morgan fingerprint density at radius 2 is 1.83 bits per heavy atom. The molecule has 4 aromatic rings. The molecule has 2 aromatic carbocycles. The SMILES string of the molecule is FC(F)(F)c1ccc(-c2n[nH]cc2CNNc2ccnc3cc(Cl)ccc23)cc1. The Morgan fingerprint density at radius 1 is 1.03 bits per heavy atom. The number of nitrogens with zero attached hydrogens (tertiary/aromatic N) is 2. The number of nitrogens with one attached hydrogen (secondary N) is 3. The van der Waals surface area contributed by atoms with Crippen molar-refractivity contribution < 1.29 is 13.2 Å². The lowest BCUT2D eigenvalue weighted by Crippen LogP contribution is -2.21. The average molecular weight is 418 g/mol. The number of fused-ring (bicyclic) bond motifs is 1. The Kier molecular flexibility index (Phi) is 5.12. The highest BCUT2D eigenvalue weighted by molar-refractivity contribution is 6.31. The van der Waals surface area contributed by atoms with E-state index in [9.17, 15) is 13.2 Å². The summed E-state index contributed by atoms with van der Waals surface area (Å²) in [5.41, 5.74) is 9.12. The predicted molar refractivity (Wildman–Crippen MR) is 106 cm³/mol. The van der Waals surface area contributed by atoms with Gasteiger partial charge < -0.3 is 5.43 Å². The molecule has 0 aliphatic heterocycles. The number of hydrogen-bond acceptors (Lipinski definition) is 4. The fourth-order valence-corrected chi connectivity index (χ4v) is 3.15. The van der Waals surface area contributed by atoms with E-state index in [4.69, 9.17) is 11.6 Å². The first-order valence-corrected chi connectivity index (χ1v) is 9.03. The molecule has 0 unspecified atom stereocenters. The van der Waals surface area contributed by atoms with Gasteiger partial charge in [0.2, 0.25) is 0 Å². The maximum absolute atomic E-state index is 12.8. The lowest BCUT2D eigenvalue weighted by molar-refractivity contribution is -0.137. The van der Waals surface area contributed by atoms with Gasteiger partial charge in [0.25, 0.3) is 0 Å². The van der Waals surface area contributed by atoms with Gasteiger partial charge in [0, 0.05) is 40.5 Å². The van der Waals surface area contributed by atoms with Crippen LogP contribution in [0.4, 0.5) is 18.9 Å². The van der Waals surface area contributed by atoms with Crippen LogP contribution in [-0.2, 0) is 12.7 Å². The first-order valence-electron chi connectivity index (χ1n) is 8.65. The zero-order valence-electron chi connectivity index (χ0n) is 14.9. The van der Waals surface area contributed by atoms with Crippen molar-refractivity contribution in [2.24, 2.45) is 0 Å². The number of halogens is 4. The molecule has 0 radical (unpaired) electrons. The summed E-state index contributed by atoms with van der Waals surface area (Å²) in [7, 11) is 0. The molecule has 0 aliphatic rings. The average Bonchev–Trinajstić information content (AvgIpc) is 3.16. The Labute approximate surface area is 168 Å². The number of hydrazine groups is 1. The van der Waals surface area contributed by atoms with Gasteiger partial charge in [0.15, 0.2) is 0 Å². The number of anilines is 1. The van der Waals surface area contributed by atoms with E-state index in [1.54, 1.807) is 24.5 Å². The third-order valence-electron chi connectivity index (χ3n) is 4.41. The summed E-state index contributed by atoms with van der Waals surface area (Å²) in [4.78, 5) is 4.29. The molecule has 29 heavy (non-hydrogen) atoms. The summed E-state index contributed by atoms with van der Waals surface area (Å²) in [6, 6.07) is 12.2. The number of pyridine rings is 1.